The molecule has 0 amide bonds. The Morgan fingerprint density at radius 1 is 1.18 bits per heavy atom. The fourth-order valence-electron chi connectivity index (χ4n) is 1.53. The van der Waals surface area contributed by atoms with Crippen molar-refractivity contribution in [2.75, 3.05) is 17.2 Å². The summed E-state index contributed by atoms with van der Waals surface area (Å²) in [6, 6.07) is 3.97. The van der Waals surface area contributed by atoms with Gasteiger partial charge in [0.1, 0.15) is 0 Å². The lowest BCUT2D eigenvalue weighted by molar-refractivity contribution is 0.791. The first kappa shape index (κ1) is 11.3. The quantitative estimate of drug-likeness (QED) is 0.860. The van der Waals surface area contributed by atoms with Gasteiger partial charge in [-0.15, -0.1) is 0 Å². The van der Waals surface area contributed by atoms with Gasteiger partial charge in [0.2, 0.25) is 5.95 Å². The highest BCUT2D eigenvalue weighted by Crippen LogP contribution is 2.11. The average molecular weight is 229 g/mol. The lowest BCUT2D eigenvalue weighted by Gasteiger charge is -2.20. The fourth-order valence-corrected chi connectivity index (χ4v) is 1.53. The lowest BCUT2D eigenvalue weighted by atomic mass is 10.2. The van der Waals surface area contributed by atoms with E-state index >= 15 is 0 Å². The number of aromatic nitrogens is 3. The highest BCUT2D eigenvalue weighted by atomic mass is 15.2. The van der Waals surface area contributed by atoms with Gasteiger partial charge in [-0.05, 0) is 24.6 Å². The number of anilines is 2. The molecule has 5 heteroatoms. The molecule has 17 heavy (non-hydrogen) atoms. The highest BCUT2D eigenvalue weighted by Gasteiger charge is 2.07. The predicted octanol–water partition coefficient (Wildman–Crippen LogP) is 1.48. The summed E-state index contributed by atoms with van der Waals surface area (Å²) in [4.78, 5) is 14.5. The van der Waals surface area contributed by atoms with Gasteiger partial charge >= 0.3 is 0 Å². The molecule has 0 bridgehead atoms. The van der Waals surface area contributed by atoms with Crippen LogP contribution in [0.25, 0.3) is 0 Å². The number of hydrogen-bond donors (Lipinski definition) is 1. The van der Waals surface area contributed by atoms with Crippen LogP contribution < -0.4 is 10.6 Å². The first-order valence-corrected chi connectivity index (χ1v) is 5.51. The van der Waals surface area contributed by atoms with Crippen molar-refractivity contribution in [3.8, 4) is 0 Å². The van der Waals surface area contributed by atoms with Crippen LogP contribution in [0.15, 0.2) is 36.9 Å². The van der Waals surface area contributed by atoms with E-state index in [0.717, 1.165) is 13.1 Å². The van der Waals surface area contributed by atoms with Crippen LogP contribution in [0.4, 0.5) is 11.6 Å². The predicted molar refractivity (Wildman–Crippen MR) is 67.4 cm³/mol. The van der Waals surface area contributed by atoms with Gasteiger partial charge in [-0.1, -0.05) is 0 Å². The summed E-state index contributed by atoms with van der Waals surface area (Å²) in [6.07, 6.45) is 6.81. The molecular formula is C12H15N5. The third-order valence-electron chi connectivity index (χ3n) is 2.45. The van der Waals surface area contributed by atoms with Crippen molar-refractivity contribution < 1.29 is 0 Å². The Bertz CT molecular complexity index is 454. The van der Waals surface area contributed by atoms with Crippen molar-refractivity contribution in [2.45, 2.75) is 13.5 Å². The highest BCUT2D eigenvalue weighted by molar-refractivity contribution is 5.38. The molecule has 0 unspecified atom stereocenters. The summed E-state index contributed by atoms with van der Waals surface area (Å²) in [5, 5.41) is 0. The molecule has 0 saturated carbocycles. The SMILES string of the molecule is CCN(Cc1ccncc1)c1ncc(N)cn1. The summed E-state index contributed by atoms with van der Waals surface area (Å²) in [5.41, 5.74) is 7.33. The number of nitrogen functional groups attached to an aromatic ring is 1. The molecule has 2 N–H and O–H groups in total. The van der Waals surface area contributed by atoms with Crippen molar-refractivity contribution >= 4 is 11.6 Å². The molecule has 0 spiro atoms. The molecule has 0 fully saturated rings. The van der Waals surface area contributed by atoms with Crippen LogP contribution in [0.2, 0.25) is 0 Å². The number of rotatable bonds is 4. The van der Waals surface area contributed by atoms with E-state index in [1.165, 1.54) is 5.56 Å². The van der Waals surface area contributed by atoms with Gasteiger partial charge < -0.3 is 10.6 Å². The minimum absolute atomic E-state index is 0.578. The van der Waals surface area contributed by atoms with Crippen LogP contribution in [0, 0.1) is 0 Å². The van der Waals surface area contributed by atoms with Gasteiger partial charge in [-0.25, -0.2) is 9.97 Å². The zero-order valence-electron chi connectivity index (χ0n) is 9.74. The van der Waals surface area contributed by atoms with Crippen molar-refractivity contribution in [2.24, 2.45) is 0 Å². The summed E-state index contributed by atoms with van der Waals surface area (Å²) in [5.74, 6) is 0.693. The molecule has 88 valence electrons. The van der Waals surface area contributed by atoms with Crippen LogP contribution in [0.3, 0.4) is 0 Å². The minimum atomic E-state index is 0.578. The second-order valence-electron chi connectivity index (χ2n) is 3.69. The summed E-state index contributed by atoms with van der Waals surface area (Å²) >= 11 is 0. The van der Waals surface area contributed by atoms with Crippen molar-refractivity contribution in [3.63, 3.8) is 0 Å². The van der Waals surface area contributed by atoms with Crippen molar-refractivity contribution in [1.82, 2.24) is 15.0 Å². The number of nitrogens with zero attached hydrogens (tertiary/aromatic N) is 4. The molecule has 0 saturated heterocycles. The van der Waals surface area contributed by atoms with E-state index < -0.39 is 0 Å². The molecule has 0 atom stereocenters. The molecule has 5 nitrogen and oxygen atoms in total. The molecule has 0 aliphatic heterocycles. The van der Waals surface area contributed by atoms with E-state index in [4.69, 9.17) is 5.73 Å². The smallest absolute Gasteiger partial charge is 0.225 e. The van der Waals surface area contributed by atoms with Crippen LogP contribution in [0.5, 0.6) is 0 Å². The second-order valence-corrected chi connectivity index (χ2v) is 3.69. The van der Waals surface area contributed by atoms with Crippen LogP contribution in [-0.4, -0.2) is 21.5 Å². The maximum atomic E-state index is 5.57. The lowest BCUT2D eigenvalue weighted by Crippen LogP contribution is -2.24. The zero-order chi connectivity index (χ0) is 12.1. The Kier molecular flexibility index (Phi) is 3.49. The topological polar surface area (TPSA) is 67.9 Å². The second kappa shape index (κ2) is 5.25. The van der Waals surface area contributed by atoms with E-state index in [9.17, 15) is 0 Å². The van der Waals surface area contributed by atoms with Crippen molar-refractivity contribution in [1.29, 1.82) is 0 Å². The van der Waals surface area contributed by atoms with E-state index in [2.05, 4.69) is 26.8 Å². The van der Waals surface area contributed by atoms with E-state index in [1.54, 1.807) is 24.8 Å². The van der Waals surface area contributed by atoms with E-state index in [1.807, 2.05) is 12.1 Å². The first-order chi connectivity index (χ1) is 8.29. The summed E-state index contributed by atoms with van der Waals surface area (Å²) < 4.78 is 0. The molecule has 2 aromatic heterocycles. The number of pyridine rings is 1. The molecule has 0 aromatic carbocycles. The number of hydrogen-bond acceptors (Lipinski definition) is 5. The van der Waals surface area contributed by atoms with Crippen LogP contribution in [-0.2, 0) is 6.54 Å². The molecule has 0 radical (unpaired) electrons. The molecule has 2 aromatic rings. The molecule has 2 heterocycles. The molecule has 0 aliphatic carbocycles. The Morgan fingerprint density at radius 3 is 2.41 bits per heavy atom. The average Bonchev–Trinajstić information content (AvgIpc) is 2.38. The maximum Gasteiger partial charge on any atom is 0.225 e. The van der Waals surface area contributed by atoms with Gasteiger partial charge in [0.25, 0.3) is 0 Å². The zero-order valence-corrected chi connectivity index (χ0v) is 9.74. The Balaban J connectivity index is 2.14. The van der Waals surface area contributed by atoms with Crippen LogP contribution in [0.1, 0.15) is 12.5 Å². The minimum Gasteiger partial charge on any atom is -0.396 e. The van der Waals surface area contributed by atoms with E-state index in [0.29, 0.717) is 11.6 Å². The van der Waals surface area contributed by atoms with Gasteiger partial charge in [0, 0.05) is 25.5 Å². The summed E-state index contributed by atoms with van der Waals surface area (Å²) in [7, 11) is 0. The van der Waals surface area contributed by atoms with Gasteiger partial charge in [-0.2, -0.15) is 0 Å². The van der Waals surface area contributed by atoms with E-state index in [-0.39, 0.29) is 0 Å². The Labute approximate surface area is 100 Å². The fraction of sp³-hybridized carbons (Fsp3) is 0.250. The maximum absolute atomic E-state index is 5.57. The number of nitrogens with two attached hydrogens (primary N) is 1. The standard InChI is InChI=1S/C12H15N5/c1-2-17(9-10-3-5-14-6-4-10)12-15-7-11(13)8-16-12/h3-8H,2,9,13H2,1H3. The summed E-state index contributed by atoms with van der Waals surface area (Å²) in [6.45, 7) is 3.68. The molecule has 2 rings (SSSR count). The van der Waals surface area contributed by atoms with Crippen LogP contribution >= 0.6 is 0 Å². The van der Waals surface area contributed by atoms with Crippen molar-refractivity contribution in [3.05, 3.63) is 42.5 Å². The molecule has 0 aliphatic rings. The van der Waals surface area contributed by atoms with Gasteiger partial charge in [0.05, 0.1) is 18.1 Å². The Hall–Kier alpha value is -2.17. The Morgan fingerprint density at radius 2 is 1.82 bits per heavy atom. The van der Waals surface area contributed by atoms with Gasteiger partial charge in [-0.3, -0.25) is 4.98 Å². The monoisotopic (exact) mass is 229 g/mol. The molecular weight excluding hydrogens is 214 g/mol. The third-order valence-corrected chi connectivity index (χ3v) is 2.45. The first-order valence-electron chi connectivity index (χ1n) is 5.51. The normalized spacial score (nSPS) is 10.2. The van der Waals surface area contributed by atoms with Gasteiger partial charge in [0.15, 0.2) is 0 Å². The largest absolute Gasteiger partial charge is 0.396 e. The third kappa shape index (κ3) is 2.90.